The second-order valence-corrected chi connectivity index (χ2v) is 6.21. The van der Waals surface area contributed by atoms with E-state index in [1.165, 1.54) is 44.1 Å². The van der Waals surface area contributed by atoms with Crippen molar-refractivity contribution in [2.45, 2.75) is 58.3 Å². The van der Waals surface area contributed by atoms with Crippen molar-refractivity contribution in [2.75, 3.05) is 18.4 Å². The van der Waals surface area contributed by atoms with Crippen molar-refractivity contribution < 1.29 is 4.79 Å². The van der Waals surface area contributed by atoms with Crippen molar-refractivity contribution >= 4 is 11.6 Å². The van der Waals surface area contributed by atoms with Crippen LogP contribution in [0.3, 0.4) is 0 Å². The Morgan fingerprint density at radius 3 is 2.91 bits per heavy atom. The molecule has 0 saturated carbocycles. The quantitative estimate of drug-likeness (QED) is 0.527. The number of unbranched alkanes of at least 4 members (excludes halogenated alkanes) is 2. The van der Waals surface area contributed by atoms with Gasteiger partial charge in [-0.1, -0.05) is 31.4 Å². The van der Waals surface area contributed by atoms with E-state index in [0.29, 0.717) is 12.1 Å². The van der Waals surface area contributed by atoms with Crippen LogP contribution in [0, 0.1) is 0 Å². The van der Waals surface area contributed by atoms with Gasteiger partial charge in [0.1, 0.15) is 0 Å². The number of nitrogens with one attached hydrogen (secondary N) is 2. The van der Waals surface area contributed by atoms with E-state index in [0.717, 1.165) is 25.1 Å². The molecule has 1 heterocycles. The van der Waals surface area contributed by atoms with E-state index in [9.17, 15) is 4.79 Å². The Bertz CT molecular complexity index is 525. The fraction of sp³-hybridized carbons (Fsp3) is 0.579. The number of rotatable bonds is 9. The van der Waals surface area contributed by atoms with Crippen LogP contribution >= 0.6 is 0 Å². The molecule has 0 saturated heterocycles. The van der Waals surface area contributed by atoms with Crippen molar-refractivity contribution in [1.29, 1.82) is 0 Å². The lowest BCUT2D eigenvalue weighted by Crippen LogP contribution is -2.25. The first-order valence-electron chi connectivity index (χ1n) is 8.94. The lowest BCUT2D eigenvalue weighted by molar-refractivity contribution is 0.0953. The predicted molar refractivity (Wildman–Crippen MR) is 95.8 cm³/mol. The maximum absolute atomic E-state index is 12.2. The number of hydrogen-bond donors (Lipinski definition) is 2. The zero-order valence-corrected chi connectivity index (χ0v) is 14.2. The molecule has 4 heteroatoms. The summed E-state index contributed by atoms with van der Waals surface area (Å²) in [7, 11) is 0. The monoisotopic (exact) mass is 315 g/mol. The van der Waals surface area contributed by atoms with Crippen LogP contribution < -0.4 is 10.6 Å². The summed E-state index contributed by atoms with van der Waals surface area (Å²) in [5.41, 5.74) is 3.04. The molecule has 4 nitrogen and oxygen atoms in total. The summed E-state index contributed by atoms with van der Waals surface area (Å²) in [6.07, 6.45) is 15.2. The van der Waals surface area contributed by atoms with Crippen molar-refractivity contribution in [2.24, 2.45) is 0 Å². The van der Waals surface area contributed by atoms with E-state index in [1.54, 1.807) is 12.4 Å². The minimum absolute atomic E-state index is 0.0360. The number of aromatic nitrogens is 1. The summed E-state index contributed by atoms with van der Waals surface area (Å²) < 4.78 is 0. The molecule has 0 aromatic carbocycles. The van der Waals surface area contributed by atoms with Crippen LogP contribution in [0.4, 0.5) is 5.69 Å². The maximum Gasteiger partial charge on any atom is 0.252 e. The molecule has 1 aliphatic rings. The Balaban J connectivity index is 1.76. The number of amides is 1. The van der Waals surface area contributed by atoms with Crippen molar-refractivity contribution in [1.82, 2.24) is 10.3 Å². The number of anilines is 1. The molecular formula is C19H29N3O. The zero-order valence-electron chi connectivity index (χ0n) is 14.2. The molecule has 2 rings (SSSR count). The Hall–Kier alpha value is -1.84. The molecule has 23 heavy (non-hydrogen) atoms. The SMILES string of the molecule is CCCCCNc1cncc(C(=O)NCCC2=CCCCC2)c1. The van der Waals surface area contributed by atoms with Gasteiger partial charge in [0.05, 0.1) is 11.3 Å². The van der Waals surface area contributed by atoms with Gasteiger partial charge in [-0.25, -0.2) is 0 Å². The average Bonchev–Trinajstić information content (AvgIpc) is 2.60. The van der Waals surface area contributed by atoms with Gasteiger partial charge in [0, 0.05) is 25.5 Å². The molecule has 126 valence electrons. The molecule has 0 unspecified atom stereocenters. The molecule has 0 radical (unpaired) electrons. The minimum Gasteiger partial charge on any atom is -0.384 e. The smallest absolute Gasteiger partial charge is 0.252 e. The predicted octanol–water partition coefficient (Wildman–Crippen LogP) is 4.30. The van der Waals surface area contributed by atoms with E-state index in [1.807, 2.05) is 6.07 Å². The summed E-state index contributed by atoms with van der Waals surface area (Å²) in [6.45, 7) is 3.82. The highest BCUT2D eigenvalue weighted by Gasteiger charge is 2.08. The van der Waals surface area contributed by atoms with Crippen LogP contribution in [0.25, 0.3) is 0 Å². The molecule has 1 aromatic rings. The Labute approximate surface area is 139 Å². The topological polar surface area (TPSA) is 54.0 Å². The normalized spacial score (nSPS) is 14.2. The standard InChI is InChI=1S/C19H29N3O/c1-2-3-7-11-21-18-13-17(14-20-15-18)19(23)22-12-10-16-8-5-4-6-9-16/h8,13-15,21H,2-7,9-12H2,1H3,(H,22,23). The third kappa shape index (κ3) is 6.43. The van der Waals surface area contributed by atoms with Crippen LogP contribution in [0.1, 0.15) is 68.6 Å². The lowest BCUT2D eigenvalue weighted by atomic mass is 9.97. The Kier molecular flexibility index (Phi) is 7.64. The highest BCUT2D eigenvalue weighted by molar-refractivity contribution is 5.94. The van der Waals surface area contributed by atoms with Crippen LogP contribution in [-0.4, -0.2) is 24.0 Å². The first-order chi connectivity index (χ1) is 11.3. The number of carbonyl (C=O) groups is 1. The van der Waals surface area contributed by atoms with E-state index in [-0.39, 0.29) is 5.91 Å². The molecule has 0 aliphatic heterocycles. The fourth-order valence-corrected chi connectivity index (χ4v) is 2.84. The van der Waals surface area contributed by atoms with E-state index in [4.69, 9.17) is 0 Å². The molecular weight excluding hydrogens is 286 g/mol. The highest BCUT2D eigenvalue weighted by atomic mass is 16.1. The third-order valence-corrected chi connectivity index (χ3v) is 4.23. The molecule has 2 N–H and O–H groups in total. The second kappa shape index (κ2) is 10.0. The van der Waals surface area contributed by atoms with Crippen molar-refractivity contribution in [3.05, 3.63) is 35.7 Å². The first kappa shape index (κ1) is 17.5. The van der Waals surface area contributed by atoms with Gasteiger partial charge in [-0.15, -0.1) is 0 Å². The summed E-state index contributed by atoms with van der Waals surface area (Å²) >= 11 is 0. The van der Waals surface area contributed by atoms with Gasteiger partial charge in [0.25, 0.3) is 5.91 Å². The molecule has 1 amide bonds. The van der Waals surface area contributed by atoms with Crippen LogP contribution in [0.5, 0.6) is 0 Å². The number of nitrogens with zero attached hydrogens (tertiary/aromatic N) is 1. The van der Waals surface area contributed by atoms with Gasteiger partial charge >= 0.3 is 0 Å². The minimum atomic E-state index is -0.0360. The second-order valence-electron chi connectivity index (χ2n) is 6.21. The highest BCUT2D eigenvalue weighted by Crippen LogP contribution is 2.19. The summed E-state index contributed by atoms with van der Waals surface area (Å²) in [4.78, 5) is 16.4. The van der Waals surface area contributed by atoms with Crippen LogP contribution in [-0.2, 0) is 0 Å². The summed E-state index contributed by atoms with van der Waals surface area (Å²) in [6, 6.07) is 1.88. The number of pyridine rings is 1. The third-order valence-electron chi connectivity index (χ3n) is 4.23. The number of allylic oxidation sites excluding steroid dienone is 1. The van der Waals surface area contributed by atoms with Gasteiger partial charge in [0.15, 0.2) is 0 Å². The molecule has 0 spiro atoms. The Morgan fingerprint density at radius 1 is 1.22 bits per heavy atom. The van der Waals surface area contributed by atoms with Gasteiger partial charge in [-0.2, -0.15) is 0 Å². The zero-order chi connectivity index (χ0) is 16.3. The lowest BCUT2D eigenvalue weighted by Gasteiger charge is -2.13. The molecule has 0 bridgehead atoms. The van der Waals surface area contributed by atoms with Crippen molar-refractivity contribution in [3.8, 4) is 0 Å². The maximum atomic E-state index is 12.2. The van der Waals surface area contributed by atoms with E-state index in [2.05, 4.69) is 28.6 Å². The van der Waals surface area contributed by atoms with Crippen molar-refractivity contribution in [3.63, 3.8) is 0 Å². The van der Waals surface area contributed by atoms with E-state index < -0.39 is 0 Å². The van der Waals surface area contributed by atoms with Crippen LogP contribution in [0.2, 0.25) is 0 Å². The molecule has 1 aliphatic carbocycles. The summed E-state index contributed by atoms with van der Waals surface area (Å²) in [5.74, 6) is -0.0360. The molecule has 0 fully saturated rings. The van der Waals surface area contributed by atoms with Gasteiger partial charge < -0.3 is 10.6 Å². The molecule has 0 atom stereocenters. The molecule has 1 aromatic heterocycles. The fourth-order valence-electron chi connectivity index (χ4n) is 2.84. The van der Waals surface area contributed by atoms with Gasteiger partial charge in [-0.05, 0) is 44.6 Å². The van der Waals surface area contributed by atoms with Crippen LogP contribution in [0.15, 0.2) is 30.1 Å². The Morgan fingerprint density at radius 2 is 2.13 bits per heavy atom. The van der Waals surface area contributed by atoms with E-state index >= 15 is 0 Å². The number of carbonyl (C=O) groups excluding carboxylic acids is 1. The summed E-state index contributed by atoms with van der Waals surface area (Å²) in [5, 5.41) is 6.33. The largest absolute Gasteiger partial charge is 0.384 e. The first-order valence-corrected chi connectivity index (χ1v) is 8.94. The van der Waals surface area contributed by atoms with Gasteiger partial charge in [0.2, 0.25) is 0 Å². The number of hydrogen-bond acceptors (Lipinski definition) is 3. The average molecular weight is 315 g/mol. The van der Waals surface area contributed by atoms with Gasteiger partial charge in [-0.3, -0.25) is 9.78 Å².